The molecule has 1 aliphatic rings. The monoisotopic (exact) mass is 542 g/mol. The van der Waals surface area contributed by atoms with Crippen LogP contribution in [0, 0.1) is 0 Å². The van der Waals surface area contributed by atoms with Gasteiger partial charge in [0.05, 0.1) is 46.8 Å². The number of benzene rings is 2. The molecule has 2 aromatic carbocycles. The molecule has 212 valence electrons. The van der Waals surface area contributed by atoms with Crippen LogP contribution in [-0.4, -0.2) is 89.3 Å². The zero-order valence-electron chi connectivity index (χ0n) is 23.5. The van der Waals surface area contributed by atoms with E-state index in [0.29, 0.717) is 48.3 Å². The molecule has 1 aliphatic heterocycles. The molecule has 0 unspecified atom stereocenters. The number of methoxy groups -OCH3 is 5. The van der Waals surface area contributed by atoms with E-state index in [1.54, 1.807) is 47.7 Å². The standard InChI is InChI=1S/C28H38N4O7/c1-7-12-29-28(34)31(13-14-35-2)18-27(33)32-23(19-8-11-24(37-4)26(15-19)39-6)17-22(30-32)21-10-9-20(36-3)16-25(21)38-5/h8-11,15-16,23H,7,12-14,17-18H2,1-6H3,(H,29,34)/t23-/m1/s1. The summed E-state index contributed by atoms with van der Waals surface area (Å²) in [5.74, 6) is 2.01. The van der Waals surface area contributed by atoms with Gasteiger partial charge in [-0.3, -0.25) is 4.79 Å². The maximum Gasteiger partial charge on any atom is 0.317 e. The zero-order chi connectivity index (χ0) is 28.4. The molecule has 1 N–H and O–H groups in total. The Morgan fingerprint density at radius 1 is 0.974 bits per heavy atom. The zero-order valence-corrected chi connectivity index (χ0v) is 23.5. The number of nitrogens with one attached hydrogen (secondary N) is 1. The maximum atomic E-state index is 13.7. The van der Waals surface area contributed by atoms with Gasteiger partial charge in [0, 0.05) is 38.2 Å². The van der Waals surface area contributed by atoms with Gasteiger partial charge in [-0.05, 0) is 36.2 Å². The first kappa shape index (κ1) is 29.6. The second-order valence-corrected chi connectivity index (χ2v) is 8.83. The van der Waals surface area contributed by atoms with Crippen molar-refractivity contribution < 1.29 is 33.3 Å². The second kappa shape index (κ2) is 14.2. The molecule has 0 radical (unpaired) electrons. The van der Waals surface area contributed by atoms with Gasteiger partial charge in [-0.15, -0.1) is 0 Å². The number of nitrogens with zero attached hydrogens (tertiary/aromatic N) is 3. The molecule has 0 spiro atoms. The third kappa shape index (κ3) is 7.11. The molecule has 0 aliphatic carbocycles. The Kier molecular flexibility index (Phi) is 10.8. The number of hydrogen-bond acceptors (Lipinski definition) is 8. The summed E-state index contributed by atoms with van der Waals surface area (Å²) < 4.78 is 27.0. The van der Waals surface area contributed by atoms with Gasteiger partial charge in [-0.1, -0.05) is 13.0 Å². The fourth-order valence-corrected chi connectivity index (χ4v) is 4.29. The predicted octanol–water partition coefficient (Wildman–Crippen LogP) is 3.47. The van der Waals surface area contributed by atoms with Crippen LogP contribution < -0.4 is 24.3 Å². The molecule has 2 aromatic rings. The first-order chi connectivity index (χ1) is 18.9. The van der Waals surface area contributed by atoms with Crippen molar-refractivity contribution in [2.24, 2.45) is 5.10 Å². The average molecular weight is 543 g/mol. The number of amides is 3. The Labute approximate surface area is 229 Å². The van der Waals surface area contributed by atoms with Crippen LogP contribution in [0.3, 0.4) is 0 Å². The fraction of sp³-hybridized carbons (Fsp3) is 0.464. The summed E-state index contributed by atoms with van der Waals surface area (Å²) in [6, 6.07) is 10.2. The SMILES string of the molecule is CCCNC(=O)N(CCOC)CC(=O)N1N=C(c2ccc(OC)cc2OC)C[C@@H]1c1ccc(OC)c(OC)c1. The first-order valence-corrected chi connectivity index (χ1v) is 12.8. The molecule has 0 fully saturated rings. The minimum Gasteiger partial charge on any atom is -0.497 e. The summed E-state index contributed by atoms with van der Waals surface area (Å²) in [4.78, 5) is 28.0. The highest BCUT2D eigenvalue weighted by Crippen LogP contribution is 2.39. The van der Waals surface area contributed by atoms with E-state index in [-0.39, 0.29) is 25.0 Å². The maximum absolute atomic E-state index is 13.7. The lowest BCUT2D eigenvalue weighted by molar-refractivity contribution is -0.133. The molecule has 11 heteroatoms. The van der Waals surface area contributed by atoms with Crippen molar-refractivity contribution in [2.75, 3.05) is 61.8 Å². The van der Waals surface area contributed by atoms with Crippen LogP contribution in [0.15, 0.2) is 41.5 Å². The minimum atomic E-state index is -0.443. The van der Waals surface area contributed by atoms with Crippen molar-refractivity contribution in [1.82, 2.24) is 15.2 Å². The lowest BCUT2D eigenvalue weighted by Gasteiger charge is -2.27. The summed E-state index contributed by atoms with van der Waals surface area (Å²) in [6.07, 6.45) is 1.20. The fourth-order valence-electron chi connectivity index (χ4n) is 4.29. The van der Waals surface area contributed by atoms with Gasteiger partial charge in [-0.25, -0.2) is 9.80 Å². The van der Waals surface area contributed by atoms with E-state index in [4.69, 9.17) is 28.8 Å². The van der Waals surface area contributed by atoms with Crippen molar-refractivity contribution in [2.45, 2.75) is 25.8 Å². The van der Waals surface area contributed by atoms with Crippen molar-refractivity contribution >= 4 is 17.6 Å². The van der Waals surface area contributed by atoms with E-state index < -0.39 is 6.04 Å². The topological polar surface area (TPSA) is 111 Å². The van der Waals surface area contributed by atoms with Gasteiger partial charge >= 0.3 is 6.03 Å². The molecule has 1 heterocycles. The van der Waals surface area contributed by atoms with Crippen molar-refractivity contribution in [3.05, 3.63) is 47.5 Å². The summed E-state index contributed by atoms with van der Waals surface area (Å²) in [7, 11) is 7.84. The van der Waals surface area contributed by atoms with Crippen LogP contribution in [0.5, 0.6) is 23.0 Å². The third-order valence-corrected chi connectivity index (χ3v) is 6.38. The first-order valence-electron chi connectivity index (χ1n) is 12.8. The van der Waals surface area contributed by atoms with Crippen LogP contribution >= 0.6 is 0 Å². The Balaban J connectivity index is 1.99. The Hall–Kier alpha value is -3.99. The lowest BCUT2D eigenvalue weighted by atomic mass is 9.97. The number of carbonyl (C=O) groups is 2. The molecule has 3 amide bonds. The normalized spacial score (nSPS) is 14.5. The molecule has 0 saturated heterocycles. The Morgan fingerprint density at radius 2 is 1.72 bits per heavy atom. The van der Waals surface area contributed by atoms with Crippen LogP contribution in [0.4, 0.5) is 4.79 Å². The Morgan fingerprint density at radius 3 is 2.36 bits per heavy atom. The number of carbonyl (C=O) groups excluding carboxylic acids is 2. The van der Waals surface area contributed by atoms with E-state index in [1.165, 1.54) is 9.91 Å². The number of urea groups is 1. The predicted molar refractivity (Wildman–Crippen MR) is 147 cm³/mol. The highest BCUT2D eigenvalue weighted by Gasteiger charge is 2.35. The van der Waals surface area contributed by atoms with Gasteiger partial charge in [0.15, 0.2) is 11.5 Å². The van der Waals surface area contributed by atoms with E-state index in [2.05, 4.69) is 5.32 Å². The highest BCUT2D eigenvalue weighted by molar-refractivity contribution is 6.05. The average Bonchev–Trinajstić information content (AvgIpc) is 3.42. The van der Waals surface area contributed by atoms with Gasteiger partial charge in [0.2, 0.25) is 0 Å². The molecule has 0 bridgehead atoms. The quantitative estimate of drug-likeness (QED) is 0.413. The lowest BCUT2D eigenvalue weighted by Crippen LogP contribution is -2.47. The smallest absolute Gasteiger partial charge is 0.317 e. The molecule has 0 saturated carbocycles. The van der Waals surface area contributed by atoms with Gasteiger partial charge in [-0.2, -0.15) is 5.10 Å². The largest absolute Gasteiger partial charge is 0.497 e. The van der Waals surface area contributed by atoms with E-state index >= 15 is 0 Å². The van der Waals surface area contributed by atoms with E-state index in [0.717, 1.165) is 17.5 Å². The van der Waals surface area contributed by atoms with E-state index in [9.17, 15) is 9.59 Å². The van der Waals surface area contributed by atoms with Gasteiger partial charge in [0.25, 0.3) is 5.91 Å². The van der Waals surface area contributed by atoms with Crippen molar-refractivity contribution in [1.29, 1.82) is 0 Å². The second-order valence-electron chi connectivity index (χ2n) is 8.83. The molecule has 11 nitrogen and oxygen atoms in total. The van der Waals surface area contributed by atoms with Crippen LogP contribution in [0.2, 0.25) is 0 Å². The summed E-state index contributed by atoms with van der Waals surface area (Å²) in [5, 5.41) is 9.02. The summed E-state index contributed by atoms with van der Waals surface area (Å²) >= 11 is 0. The van der Waals surface area contributed by atoms with Crippen molar-refractivity contribution in [3.8, 4) is 23.0 Å². The van der Waals surface area contributed by atoms with Crippen molar-refractivity contribution in [3.63, 3.8) is 0 Å². The van der Waals surface area contributed by atoms with Crippen LogP contribution in [-0.2, 0) is 9.53 Å². The van der Waals surface area contributed by atoms with E-state index in [1.807, 2.05) is 31.2 Å². The third-order valence-electron chi connectivity index (χ3n) is 6.38. The molecule has 39 heavy (non-hydrogen) atoms. The molecule has 0 aromatic heterocycles. The Bertz CT molecular complexity index is 1170. The molecule has 3 rings (SSSR count). The number of hydrazone groups is 1. The summed E-state index contributed by atoms with van der Waals surface area (Å²) in [6.45, 7) is 2.86. The van der Waals surface area contributed by atoms with Crippen LogP contribution in [0.1, 0.15) is 36.9 Å². The van der Waals surface area contributed by atoms with Gasteiger partial charge < -0.3 is 33.9 Å². The molecule has 1 atom stereocenters. The molecular formula is C28H38N4O7. The van der Waals surface area contributed by atoms with Crippen LogP contribution in [0.25, 0.3) is 0 Å². The van der Waals surface area contributed by atoms with Gasteiger partial charge in [0.1, 0.15) is 18.0 Å². The number of hydrogen-bond donors (Lipinski definition) is 1. The summed E-state index contributed by atoms with van der Waals surface area (Å²) in [5.41, 5.74) is 2.23. The highest BCUT2D eigenvalue weighted by atomic mass is 16.5. The number of ether oxygens (including phenoxy) is 5. The molecular weight excluding hydrogens is 504 g/mol. The number of rotatable bonds is 13. The minimum absolute atomic E-state index is 0.167.